The molecule has 0 atom stereocenters. The molecule has 121 valence electrons. The molecule has 0 aromatic carbocycles. The Labute approximate surface area is 111 Å². The van der Waals surface area contributed by atoms with Gasteiger partial charge in [-0.1, -0.05) is 0 Å². The zero-order valence-corrected chi connectivity index (χ0v) is 13.2. The van der Waals surface area contributed by atoms with E-state index in [1.54, 1.807) is 0 Å². The second-order valence-corrected chi connectivity index (χ2v) is 11.2. The molecule has 0 aromatic rings. The van der Waals surface area contributed by atoms with Crippen LogP contribution in [0.4, 0.5) is 0 Å². The quantitative estimate of drug-likeness (QED) is 0.185. The summed E-state index contributed by atoms with van der Waals surface area (Å²) in [5, 5.41) is 0. The molecule has 20 heavy (non-hydrogen) atoms. The first kappa shape index (κ1) is 20.6. The summed E-state index contributed by atoms with van der Waals surface area (Å²) >= 11 is 0. The molecular weight excluding hydrogens is 366 g/mol. The summed E-state index contributed by atoms with van der Waals surface area (Å²) in [7, 11) is -22.3. The summed E-state index contributed by atoms with van der Waals surface area (Å²) in [6, 6.07) is 0. The Hall–Kier alpha value is 0.560. The van der Waals surface area contributed by atoms with Gasteiger partial charge in [0.1, 0.15) is 7.05 Å². The highest BCUT2D eigenvalue weighted by molar-refractivity contribution is 7.72. The van der Waals surface area contributed by atoms with Crippen molar-refractivity contribution in [1.29, 1.82) is 0 Å². The minimum atomic E-state index is -5.67. The normalized spacial score (nSPS) is 15.4. The molecule has 1 radical (unpaired) electrons. The third-order valence-corrected chi connectivity index (χ3v) is 9.41. The zero-order valence-electron chi connectivity index (χ0n) is 9.60. The molecule has 0 unspecified atom stereocenters. The molecule has 0 spiro atoms. The Morgan fingerprint density at radius 2 is 0.750 bits per heavy atom. The van der Waals surface area contributed by atoms with E-state index >= 15 is 0 Å². The average molecular weight is 379 g/mol. The van der Waals surface area contributed by atoms with Crippen molar-refractivity contribution >= 4 is 30.4 Å². The Morgan fingerprint density at radius 3 is 0.850 bits per heavy atom. The van der Waals surface area contributed by atoms with Crippen LogP contribution in [0.2, 0.25) is 0 Å². The van der Waals surface area contributed by atoms with E-state index in [0.717, 1.165) is 0 Å². The zero-order chi connectivity index (χ0) is 16.7. The van der Waals surface area contributed by atoms with Crippen molar-refractivity contribution in [1.82, 2.24) is 4.90 Å². The molecule has 13 nitrogen and oxygen atoms in total. The highest BCUT2D eigenvalue weighted by atomic mass is 31.2. The van der Waals surface area contributed by atoms with Crippen molar-refractivity contribution in [2.24, 2.45) is 0 Å². The van der Waals surface area contributed by atoms with Crippen LogP contribution in [0.5, 0.6) is 0 Å². The van der Waals surface area contributed by atoms with Crippen molar-refractivity contribution in [3.63, 3.8) is 0 Å². The Balaban J connectivity index is 6.08. The van der Waals surface area contributed by atoms with Gasteiger partial charge in [0.05, 0.1) is 0 Å². The molecule has 0 amide bonds. The van der Waals surface area contributed by atoms with E-state index in [1.165, 1.54) is 0 Å². The van der Waals surface area contributed by atoms with Gasteiger partial charge in [-0.3, -0.25) is 18.3 Å². The van der Waals surface area contributed by atoms with Crippen molar-refractivity contribution in [3.8, 4) is 0 Å². The van der Waals surface area contributed by atoms with Crippen LogP contribution >= 0.6 is 30.4 Å². The first-order valence-corrected chi connectivity index (χ1v) is 11.1. The van der Waals surface area contributed by atoms with Gasteiger partial charge < -0.3 is 39.1 Å². The van der Waals surface area contributed by atoms with Gasteiger partial charge in [0.2, 0.25) is 0 Å². The number of rotatable bonds is 6. The van der Waals surface area contributed by atoms with Gasteiger partial charge in [0, 0.05) is 0 Å². The highest BCUT2D eigenvalue weighted by Crippen LogP contribution is 2.67. The van der Waals surface area contributed by atoms with Crippen LogP contribution < -0.4 is 4.90 Å². The maximum absolute atomic E-state index is 11.0. The largest absolute Gasteiger partial charge is 0.400 e. The lowest BCUT2D eigenvalue weighted by atomic mass is 11.0. The maximum atomic E-state index is 11.0. The van der Waals surface area contributed by atoms with Crippen LogP contribution in [0, 0.1) is 0 Å². The van der Waals surface area contributed by atoms with Gasteiger partial charge in [0.15, 0.2) is 0 Å². The van der Waals surface area contributed by atoms with Gasteiger partial charge >= 0.3 is 41.4 Å². The molecule has 0 fully saturated rings. The first-order chi connectivity index (χ1) is 8.40. The van der Waals surface area contributed by atoms with Gasteiger partial charge in [-0.2, -0.15) is 0 Å². The fourth-order valence-corrected chi connectivity index (χ4v) is 7.45. The first-order valence-electron chi connectivity index (χ1n) is 4.33. The van der Waals surface area contributed by atoms with Crippen LogP contribution in [0.3, 0.4) is 0 Å². The second-order valence-electron chi connectivity index (χ2n) is 3.71. The van der Waals surface area contributed by atoms with Gasteiger partial charge in [-0.05, 0) is 0 Å². The van der Waals surface area contributed by atoms with E-state index in [-0.39, 0.29) is 4.90 Å². The van der Waals surface area contributed by atoms with Crippen molar-refractivity contribution in [2.75, 3.05) is 7.05 Å². The van der Waals surface area contributed by atoms with Crippen molar-refractivity contribution < 1.29 is 57.4 Å². The standard InChI is InChI=1S/C3H13NO12P4/c1-4(2(17(5,6)7)18(8,9)10)3(19(11,12)13)20(14,15)16/h2-3H,1H3,(H2,5,6,7)(H2,8,9,10)(H2,11,12,13)(H2,14,15,16)/q+1. The van der Waals surface area contributed by atoms with Crippen LogP contribution in [0.15, 0.2) is 0 Å². The molecule has 8 N–H and O–H groups in total. The van der Waals surface area contributed by atoms with Crippen LogP contribution in [0.1, 0.15) is 0 Å². The fourth-order valence-electron chi connectivity index (χ4n) is 1.46. The predicted octanol–water partition coefficient (Wildman–Crippen LogP) is -1.97. The smallest absolute Gasteiger partial charge is 0.320 e. The maximum Gasteiger partial charge on any atom is 0.400 e. The molecule has 0 bridgehead atoms. The molecule has 0 heterocycles. The third-order valence-electron chi connectivity index (χ3n) is 1.93. The molecule has 0 saturated heterocycles. The summed E-state index contributed by atoms with van der Waals surface area (Å²) in [5.74, 6) is 0. The topological polar surface area (TPSA) is 236 Å². The Bertz CT molecular complexity index is 441. The third kappa shape index (κ3) is 5.40. The Kier molecular flexibility index (Phi) is 6.15. The summed E-state index contributed by atoms with van der Waals surface area (Å²) < 4.78 is 44.1. The van der Waals surface area contributed by atoms with E-state index in [4.69, 9.17) is 39.1 Å². The molecule has 0 aliphatic heterocycles. The van der Waals surface area contributed by atoms with Gasteiger partial charge in [-0.15, -0.1) is 4.90 Å². The average Bonchev–Trinajstić information content (AvgIpc) is 1.88. The Morgan fingerprint density at radius 1 is 0.600 bits per heavy atom. The molecular formula is C3H13NO12P4+. The van der Waals surface area contributed by atoms with Crippen LogP contribution in [-0.4, -0.2) is 57.2 Å². The SMILES string of the molecule is C[N+](C(P(=O)(O)O)P(=O)(O)O)C(P(=O)(O)O)P(=O)(O)O. The predicted molar refractivity (Wildman–Crippen MR) is 63.8 cm³/mol. The summed E-state index contributed by atoms with van der Waals surface area (Å²) in [5.41, 5.74) is -6.22. The lowest BCUT2D eigenvalue weighted by molar-refractivity contribution is 0.278. The monoisotopic (exact) mass is 379 g/mol. The van der Waals surface area contributed by atoms with Crippen LogP contribution in [0.25, 0.3) is 0 Å². The van der Waals surface area contributed by atoms with E-state index in [0.29, 0.717) is 7.05 Å². The fraction of sp³-hybridized carbons (Fsp3) is 1.00. The summed E-state index contributed by atoms with van der Waals surface area (Å²) in [6.45, 7) is 0. The van der Waals surface area contributed by atoms with Crippen molar-refractivity contribution in [3.05, 3.63) is 0 Å². The van der Waals surface area contributed by atoms with E-state index in [1.807, 2.05) is 0 Å². The highest BCUT2D eigenvalue weighted by Gasteiger charge is 2.64. The van der Waals surface area contributed by atoms with Gasteiger partial charge in [0.25, 0.3) is 0 Å². The molecule has 0 rings (SSSR count). The lowest BCUT2D eigenvalue weighted by Gasteiger charge is -2.26. The van der Waals surface area contributed by atoms with Gasteiger partial charge in [-0.25, -0.2) is 0 Å². The molecule has 0 aromatic heterocycles. The lowest BCUT2D eigenvalue weighted by Crippen LogP contribution is -2.44. The summed E-state index contributed by atoms with van der Waals surface area (Å²) in [4.78, 5) is 70.3. The number of hydrogen-bond donors (Lipinski definition) is 8. The molecule has 0 aliphatic carbocycles. The molecule has 17 heteroatoms. The van der Waals surface area contributed by atoms with E-state index in [9.17, 15) is 18.3 Å². The number of nitrogens with zero attached hydrogens (tertiary/aromatic N) is 1. The van der Waals surface area contributed by atoms with Crippen LogP contribution in [-0.2, 0) is 18.3 Å². The van der Waals surface area contributed by atoms with E-state index < -0.39 is 41.4 Å². The van der Waals surface area contributed by atoms with E-state index in [2.05, 4.69) is 0 Å². The number of hydrogen-bond acceptors (Lipinski definition) is 5. The minimum Gasteiger partial charge on any atom is -0.320 e. The molecule has 0 saturated carbocycles. The molecule has 0 aliphatic rings. The van der Waals surface area contributed by atoms with Crippen molar-refractivity contribution in [2.45, 2.75) is 11.0 Å². The summed E-state index contributed by atoms with van der Waals surface area (Å²) in [6.07, 6.45) is 0. The minimum absolute atomic E-state index is 0.367. The second kappa shape index (κ2) is 5.98.